The molecule has 2 fully saturated rings. The topological polar surface area (TPSA) is 32.3 Å². The molecule has 0 spiro atoms. The van der Waals surface area contributed by atoms with E-state index in [2.05, 4.69) is 31.0 Å². The number of hydrogen-bond acceptors (Lipinski definition) is 2. The van der Waals surface area contributed by atoms with E-state index >= 15 is 0 Å². The Hall–Kier alpha value is -0.570. The average Bonchev–Trinajstić information content (AvgIpc) is 2.76. The van der Waals surface area contributed by atoms with Crippen LogP contribution < -0.4 is 5.32 Å². The monoisotopic (exact) mass is 280 g/mol. The van der Waals surface area contributed by atoms with Crippen molar-refractivity contribution < 1.29 is 4.79 Å². The average molecular weight is 280 g/mol. The molecule has 2 rings (SSSR count). The molecule has 0 saturated carbocycles. The first-order valence-corrected chi connectivity index (χ1v) is 8.45. The second kappa shape index (κ2) is 6.93. The van der Waals surface area contributed by atoms with Crippen molar-refractivity contribution in [3.05, 3.63) is 0 Å². The lowest BCUT2D eigenvalue weighted by molar-refractivity contribution is -0.131. The highest BCUT2D eigenvalue weighted by Crippen LogP contribution is 2.34. The summed E-state index contributed by atoms with van der Waals surface area (Å²) in [6.07, 6.45) is 6.72. The SMILES string of the molecule is CC(C)(C)C1CCCN(C(=O)CCC2CCNC2)CC1. The molecule has 0 radical (unpaired) electrons. The number of carbonyl (C=O) groups is 1. The summed E-state index contributed by atoms with van der Waals surface area (Å²) in [5.41, 5.74) is 0.384. The minimum atomic E-state index is 0.384. The molecule has 116 valence electrons. The molecule has 1 N–H and O–H groups in total. The molecule has 1 amide bonds. The van der Waals surface area contributed by atoms with Crippen LogP contribution in [0, 0.1) is 17.3 Å². The summed E-state index contributed by atoms with van der Waals surface area (Å²) in [6, 6.07) is 0. The van der Waals surface area contributed by atoms with Gasteiger partial charge in [-0.1, -0.05) is 20.8 Å². The molecule has 0 aromatic carbocycles. The number of likely N-dealkylation sites (tertiary alicyclic amines) is 1. The summed E-state index contributed by atoms with van der Waals surface area (Å²) in [5, 5.41) is 3.38. The second-order valence-corrected chi connectivity index (χ2v) is 7.77. The third kappa shape index (κ3) is 4.47. The lowest BCUT2D eigenvalue weighted by Crippen LogP contribution is -2.32. The summed E-state index contributed by atoms with van der Waals surface area (Å²) >= 11 is 0. The number of hydrogen-bond donors (Lipinski definition) is 1. The molecule has 2 aliphatic rings. The molecular formula is C17H32N2O. The Kier molecular flexibility index (Phi) is 5.48. The van der Waals surface area contributed by atoms with Crippen molar-refractivity contribution in [2.45, 2.75) is 59.3 Å². The standard InChI is InChI=1S/C17H32N2O/c1-17(2,3)15-5-4-11-19(12-9-15)16(20)7-6-14-8-10-18-13-14/h14-15,18H,4-13H2,1-3H3. The highest BCUT2D eigenvalue weighted by Gasteiger charge is 2.28. The fraction of sp³-hybridized carbons (Fsp3) is 0.941. The van der Waals surface area contributed by atoms with E-state index in [1.54, 1.807) is 0 Å². The zero-order valence-electron chi connectivity index (χ0n) is 13.6. The Balaban J connectivity index is 1.76. The fourth-order valence-corrected chi connectivity index (χ4v) is 3.66. The van der Waals surface area contributed by atoms with Crippen molar-refractivity contribution in [2.75, 3.05) is 26.2 Å². The Morgan fingerprint density at radius 2 is 2.00 bits per heavy atom. The molecule has 0 aromatic rings. The number of amides is 1. The highest BCUT2D eigenvalue weighted by molar-refractivity contribution is 5.76. The molecule has 0 aromatic heterocycles. The zero-order valence-corrected chi connectivity index (χ0v) is 13.6. The van der Waals surface area contributed by atoms with E-state index in [1.165, 1.54) is 25.7 Å². The predicted molar refractivity (Wildman–Crippen MR) is 83.6 cm³/mol. The first-order valence-electron chi connectivity index (χ1n) is 8.45. The summed E-state index contributed by atoms with van der Waals surface area (Å²) in [6.45, 7) is 11.2. The van der Waals surface area contributed by atoms with Crippen LogP contribution in [-0.4, -0.2) is 37.0 Å². The first kappa shape index (κ1) is 15.8. The van der Waals surface area contributed by atoms with Crippen molar-refractivity contribution >= 4 is 5.91 Å². The predicted octanol–water partition coefficient (Wildman–Crippen LogP) is 3.05. The lowest BCUT2D eigenvalue weighted by atomic mass is 9.77. The van der Waals surface area contributed by atoms with E-state index in [1.807, 2.05) is 0 Å². The van der Waals surface area contributed by atoms with E-state index < -0.39 is 0 Å². The summed E-state index contributed by atoms with van der Waals surface area (Å²) in [4.78, 5) is 14.5. The molecule has 3 nitrogen and oxygen atoms in total. The Bertz CT molecular complexity index is 315. The third-order valence-corrected chi connectivity index (χ3v) is 5.23. The van der Waals surface area contributed by atoms with E-state index in [9.17, 15) is 4.79 Å². The van der Waals surface area contributed by atoms with Crippen LogP contribution in [0.5, 0.6) is 0 Å². The highest BCUT2D eigenvalue weighted by atomic mass is 16.2. The molecule has 3 heteroatoms. The van der Waals surface area contributed by atoms with E-state index in [4.69, 9.17) is 0 Å². The molecule has 2 heterocycles. The molecular weight excluding hydrogens is 248 g/mol. The van der Waals surface area contributed by atoms with Crippen molar-refractivity contribution in [3.8, 4) is 0 Å². The zero-order chi connectivity index (χ0) is 14.6. The van der Waals surface area contributed by atoms with Gasteiger partial charge in [-0.05, 0) is 62.4 Å². The summed E-state index contributed by atoms with van der Waals surface area (Å²) < 4.78 is 0. The smallest absolute Gasteiger partial charge is 0.222 e. The van der Waals surface area contributed by atoms with Crippen LogP contribution in [0.2, 0.25) is 0 Å². The Morgan fingerprint density at radius 3 is 2.65 bits per heavy atom. The largest absolute Gasteiger partial charge is 0.343 e. The number of rotatable bonds is 3. The van der Waals surface area contributed by atoms with Crippen molar-refractivity contribution in [3.63, 3.8) is 0 Å². The van der Waals surface area contributed by atoms with Gasteiger partial charge in [-0.2, -0.15) is 0 Å². The third-order valence-electron chi connectivity index (χ3n) is 5.23. The maximum atomic E-state index is 12.4. The van der Waals surface area contributed by atoms with Crippen molar-refractivity contribution in [1.29, 1.82) is 0 Å². The molecule has 2 aliphatic heterocycles. The molecule has 0 bridgehead atoms. The van der Waals surface area contributed by atoms with Gasteiger partial charge in [0.05, 0.1) is 0 Å². The van der Waals surface area contributed by atoms with Gasteiger partial charge in [-0.3, -0.25) is 4.79 Å². The quantitative estimate of drug-likeness (QED) is 0.862. The van der Waals surface area contributed by atoms with Crippen LogP contribution in [-0.2, 0) is 4.79 Å². The van der Waals surface area contributed by atoms with Crippen molar-refractivity contribution in [1.82, 2.24) is 10.2 Å². The van der Waals surface area contributed by atoms with Crippen LogP contribution in [0.25, 0.3) is 0 Å². The summed E-state index contributed by atoms with van der Waals surface area (Å²) in [7, 11) is 0. The fourth-order valence-electron chi connectivity index (χ4n) is 3.66. The maximum Gasteiger partial charge on any atom is 0.222 e. The van der Waals surface area contributed by atoms with Crippen molar-refractivity contribution in [2.24, 2.45) is 17.3 Å². The summed E-state index contributed by atoms with van der Waals surface area (Å²) in [5.74, 6) is 1.89. The second-order valence-electron chi connectivity index (χ2n) is 7.77. The van der Waals surface area contributed by atoms with Gasteiger partial charge in [0.15, 0.2) is 0 Å². The molecule has 20 heavy (non-hydrogen) atoms. The van der Waals surface area contributed by atoms with Gasteiger partial charge in [-0.25, -0.2) is 0 Å². The maximum absolute atomic E-state index is 12.4. The molecule has 2 unspecified atom stereocenters. The van der Waals surface area contributed by atoms with E-state index in [-0.39, 0.29) is 0 Å². The molecule has 2 saturated heterocycles. The Morgan fingerprint density at radius 1 is 1.20 bits per heavy atom. The minimum absolute atomic E-state index is 0.384. The van der Waals surface area contributed by atoms with E-state index in [0.717, 1.165) is 50.9 Å². The van der Waals surface area contributed by atoms with Crippen LogP contribution in [0.4, 0.5) is 0 Å². The van der Waals surface area contributed by atoms with E-state index in [0.29, 0.717) is 11.3 Å². The molecule has 2 atom stereocenters. The normalized spacial score (nSPS) is 28.4. The van der Waals surface area contributed by atoms with Crippen LogP contribution in [0.3, 0.4) is 0 Å². The molecule has 0 aliphatic carbocycles. The first-order chi connectivity index (χ1) is 9.47. The van der Waals surface area contributed by atoms with Crippen LogP contribution >= 0.6 is 0 Å². The van der Waals surface area contributed by atoms with Gasteiger partial charge in [-0.15, -0.1) is 0 Å². The number of nitrogens with zero attached hydrogens (tertiary/aromatic N) is 1. The lowest BCUT2D eigenvalue weighted by Gasteiger charge is -2.29. The van der Waals surface area contributed by atoms with Gasteiger partial charge >= 0.3 is 0 Å². The van der Waals surface area contributed by atoms with Crippen LogP contribution in [0.15, 0.2) is 0 Å². The van der Waals surface area contributed by atoms with Crippen LogP contribution in [0.1, 0.15) is 59.3 Å². The Labute approximate surface area is 124 Å². The minimum Gasteiger partial charge on any atom is -0.343 e. The number of nitrogens with one attached hydrogen (secondary N) is 1. The number of carbonyl (C=O) groups excluding carboxylic acids is 1. The van der Waals surface area contributed by atoms with Gasteiger partial charge in [0.1, 0.15) is 0 Å². The van der Waals surface area contributed by atoms with Gasteiger partial charge < -0.3 is 10.2 Å². The van der Waals surface area contributed by atoms with Gasteiger partial charge in [0, 0.05) is 19.5 Å². The van der Waals surface area contributed by atoms with Gasteiger partial charge in [0.2, 0.25) is 5.91 Å². The van der Waals surface area contributed by atoms with Gasteiger partial charge in [0.25, 0.3) is 0 Å².